The minimum absolute atomic E-state index is 0.133. The van der Waals surface area contributed by atoms with E-state index in [0.29, 0.717) is 23.8 Å². The van der Waals surface area contributed by atoms with Gasteiger partial charge < -0.3 is 5.32 Å². The fraction of sp³-hybridized carbons (Fsp3) is 0.278. The minimum atomic E-state index is -3.58. The number of rotatable bonds is 4. The van der Waals surface area contributed by atoms with Crippen LogP contribution in [0.15, 0.2) is 51.8 Å². The lowest BCUT2D eigenvalue weighted by atomic mass is 10.2. The van der Waals surface area contributed by atoms with Crippen molar-refractivity contribution < 1.29 is 13.2 Å². The molecule has 1 heterocycles. The van der Waals surface area contributed by atoms with Crippen molar-refractivity contribution in [3.8, 4) is 0 Å². The molecular formula is C18H18BrClN2O3S. The Labute approximate surface area is 166 Å². The van der Waals surface area contributed by atoms with Crippen LogP contribution in [0, 0.1) is 0 Å². The number of nitrogens with zero attached hydrogens (tertiary/aromatic N) is 1. The van der Waals surface area contributed by atoms with E-state index in [1.54, 1.807) is 30.3 Å². The Balaban J connectivity index is 1.83. The lowest BCUT2D eigenvalue weighted by molar-refractivity contribution is 0.102. The van der Waals surface area contributed by atoms with Gasteiger partial charge in [0.05, 0.1) is 15.6 Å². The first-order valence-corrected chi connectivity index (χ1v) is 10.9. The van der Waals surface area contributed by atoms with Gasteiger partial charge in [-0.25, -0.2) is 8.42 Å². The van der Waals surface area contributed by atoms with Crippen LogP contribution in [0.5, 0.6) is 0 Å². The molecule has 1 aliphatic heterocycles. The van der Waals surface area contributed by atoms with Crippen molar-refractivity contribution in [3.63, 3.8) is 0 Å². The van der Waals surface area contributed by atoms with Crippen molar-refractivity contribution in [1.82, 2.24) is 4.31 Å². The molecule has 1 saturated heterocycles. The molecule has 1 N–H and O–H groups in total. The molecule has 0 bridgehead atoms. The molecule has 5 nitrogen and oxygen atoms in total. The number of piperidine rings is 1. The molecule has 2 aromatic carbocycles. The van der Waals surface area contributed by atoms with E-state index in [-0.39, 0.29) is 10.5 Å². The van der Waals surface area contributed by atoms with Crippen LogP contribution in [-0.4, -0.2) is 31.7 Å². The van der Waals surface area contributed by atoms with Crippen LogP contribution in [0.1, 0.15) is 29.6 Å². The number of anilines is 1. The van der Waals surface area contributed by atoms with Crippen LogP contribution < -0.4 is 5.32 Å². The van der Waals surface area contributed by atoms with Crippen LogP contribution in [0.2, 0.25) is 5.02 Å². The van der Waals surface area contributed by atoms with Crippen molar-refractivity contribution >= 4 is 49.1 Å². The van der Waals surface area contributed by atoms with Gasteiger partial charge in [0.15, 0.2) is 0 Å². The molecule has 138 valence electrons. The predicted octanol–water partition coefficient (Wildman–Crippen LogP) is 4.53. The van der Waals surface area contributed by atoms with E-state index in [1.807, 2.05) is 0 Å². The molecule has 1 amide bonds. The fourth-order valence-corrected chi connectivity index (χ4v) is 5.12. The molecule has 0 spiro atoms. The predicted molar refractivity (Wildman–Crippen MR) is 106 cm³/mol. The maximum absolute atomic E-state index is 12.8. The Bertz CT molecular complexity index is 928. The molecule has 1 fully saturated rings. The summed E-state index contributed by atoms with van der Waals surface area (Å²) < 4.78 is 27.8. The number of carbonyl (C=O) groups is 1. The summed E-state index contributed by atoms with van der Waals surface area (Å²) in [5.41, 5.74) is 0.728. The zero-order chi connectivity index (χ0) is 18.7. The van der Waals surface area contributed by atoms with E-state index in [4.69, 9.17) is 11.6 Å². The van der Waals surface area contributed by atoms with Crippen molar-refractivity contribution in [2.45, 2.75) is 24.2 Å². The van der Waals surface area contributed by atoms with Crippen molar-refractivity contribution in [2.24, 2.45) is 0 Å². The van der Waals surface area contributed by atoms with Crippen molar-refractivity contribution in [1.29, 1.82) is 0 Å². The monoisotopic (exact) mass is 456 g/mol. The second kappa shape index (κ2) is 8.08. The fourth-order valence-electron chi connectivity index (χ4n) is 2.84. The zero-order valence-corrected chi connectivity index (χ0v) is 17.1. The number of carbonyl (C=O) groups excluding carboxylic acids is 1. The van der Waals surface area contributed by atoms with Gasteiger partial charge in [-0.3, -0.25) is 4.79 Å². The van der Waals surface area contributed by atoms with Gasteiger partial charge in [0.2, 0.25) is 10.0 Å². The highest BCUT2D eigenvalue weighted by Gasteiger charge is 2.26. The second-order valence-corrected chi connectivity index (χ2v) is 9.33. The van der Waals surface area contributed by atoms with Crippen LogP contribution in [0.3, 0.4) is 0 Å². The van der Waals surface area contributed by atoms with Gasteiger partial charge in [0.25, 0.3) is 5.91 Å². The first kappa shape index (κ1) is 19.4. The second-order valence-electron chi connectivity index (χ2n) is 6.07. The third-order valence-corrected chi connectivity index (χ3v) is 6.93. The molecule has 0 aliphatic carbocycles. The Morgan fingerprint density at radius 3 is 2.50 bits per heavy atom. The molecule has 0 aromatic heterocycles. The Kier molecular flexibility index (Phi) is 6.02. The van der Waals surface area contributed by atoms with E-state index in [9.17, 15) is 13.2 Å². The summed E-state index contributed by atoms with van der Waals surface area (Å²) in [4.78, 5) is 12.7. The third kappa shape index (κ3) is 4.28. The van der Waals surface area contributed by atoms with E-state index in [2.05, 4.69) is 21.2 Å². The molecular weight excluding hydrogens is 440 g/mol. The zero-order valence-electron chi connectivity index (χ0n) is 13.9. The smallest absolute Gasteiger partial charge is 0.255 e. The van der Waals surface area contributed by atoms with Gasteiger partial charge in [-0.15, -0.1) is 0 Å². The average molecular weight is 458 g/mol. The summed E-state index contributed by atoms with van der Waals surface area (Å²) in [6, 6.07) is 11.2. The molecule has 2 aromatic rings. The molecule has 26 heavy (non-hydrogen) atoms. The standard InChI is InChI=1S/C18H18BrClN2O3S/c19-14-7-8-17(16(20)12-14)21-18(23)13-5-4-6-15(11-13)26(24,25)22-9-2-1-3-10-22/h4-8,11-12H,1-3,9-10H2,(H,21,23). The third-order valence-electron chi connectivity index (χ3n) is 4.23. The number of hydrogen-bond acceptors (Lipinski definition) is 3. The van der Waals surface area contributed by atoms with Crippen LogP contribution in [0.25, 0.3) is 0 Å². The topological polar surface area (TPSA) is 66.5 Å². The molecule has 0 radical (unpaired) electrons. The first-order valence-electron chi connectivity index (χ1n) is 8.24. The molecule has 8 heteroatoms. The van der Waals surface area contributed by atoms with E-state index >= 15 is 0 Å². The lowest BCUT2D eigenvalue weighted by Crippen LogP contribution is -2.35. The van der Waals surface area contributed by atoms with Crippen LogP contribution in [-0.2, 0) is 10.0 Å². The molecule has 0 atom stereocenters. The lowest BCUT2D eigenvalue weighted by Gasteiger charge is -2.26. The van der Waals surface area contributed by atoms with Gasteiger partial charge in [-0.05, 0) is 49.2 Å². The van der Waals surface area contributed by atoms with Gasteiger partial charge in [0, 0.05) is 23.1 Å². The number of halogens is 2. The summed E-state index contributed by atoms with van der Waals surface area (Å²) in [6.45, 7) is 1.04. The van der Waals surface area contributed by atoms with Crippen molar-refractivity contribution in [3.05, 3.63) is 57.5 Å². The maximum Gasteiger partial charge on any atom is 0.255 e. The summed E-state index contributed by atoms with van der Waals surface area (Å²) >= 11 is 9.43. The van der Waals surface area contributed by atoms with Gasteiger partial charge in [-0.2, -0.15) is 4.31 Å². The van der Waals surface area contributed by atoms with Gasteiger partial charge in [-0.1, -0.05) is 40.0 Å². The quantitative estimate of drug-likeness (QED) is 0.733. The summed E-state index contributed by atoms with van der Waals surface area (Å²) in [6.07, 6.45) is 2.77. The Hall–Kier alpha value is -1.41. The highest BCUT2D eigenvalue weighted by molar-refractivity contribution is 9.10. The van der Waals surface area contributed by atoms with E-state index in [0.717, 1.165) is 23.7 Å². The largest absolute Gasteiger partial charge is 0.321 e. The molecule has 0 unspecified atom stereocenters. The number of sulfonamides is 1. The molecule has 1 aliphatic rings. The summed E-state index contributed by atoms with van der Waals surface area (Å²) in [7, 11) is -3.58. The van der Waals surface area contributed by atoms with Gasteiger partial charge >= 0.3 is 0 Å². The van der Waals surface area contributed by atoms with Crippen LogP contribution >= 0.6 is 27.5 Å². The molecule has 3 rings (SSSR count). The number of hydrogen-bond donors (Lipinski definition) is 1. The highest BCUT2D eigenvalue weighted by Crippen LogP contribution is 2.27. The van der Waals surface area contributed by atoms with E-state index in [1.165, 1.54) is 16.4 Å². The number of benzene rings is 2. The minimum Gasteiger partial charge on any atom is -0.321 e. The Morgan fingerprint density at radius 2 is 1.81 bits per heavy atom. The molecule has 0 saturated carbocycles. The Morgan fingerprint density at radius 1 is 1.08 bits per heavy atom. The maximum atomic E-state index is 12.8. The highest BCUT2D eigenvalue weighted by atomic mass is 79.9. The van der Waals surface area contributed by atoms with Crippen LogP contribution in [0.4, 0.5) is 5.69 Å². The van der Waals surface area contributed by atoms with Gasteiger partial charge in [0.1, 0.15) is 0 Å². The first-order chi connectivity index (χ1) is 12.4. The van der Waals surface area contributed by atoms with Crippen molar-refractivity contribution in [2.75, 3.05) is 18.4 Å². The number of nitrogens with one attached hydrogen (secondary N) is 1. The normalized spacial score (nSPS) is 15.6. The summed E-state index contributed by atoms with van der Waals surface area (Å²) in [5, 5.41) is 3.11. The van der Waals surface area contributed by atoms with E-state index < -0.39 is 15.9 Å². The number of amides is 1. The SMILES string of the molecule is O=C(Nc1ccc(Br)cc1Cl)c1cccc(S(=O)(=O)N2CCCCC2)c1. The summed E-state index contributed by atoms with van der Waals surface area (Å²) in [5.74, 6) is -0.412. The average Bonchev–Trinajstić information content (AvgIpc) is 2.65.